The Bertz CT molecular complexity index is 1300. The van der Waals surface area contributed by atoms with Crippen molar-refractivity contribution in [3.63, 3.8) is 0 Å². The van der Waals surface area contributed by atoms with Crippen molar-refractivity contribution in [2.45, 2.75) is 32.4 Å². The highest BCUT2D eigenvalue weighted by Gasteiger charge is 2.45. The molecule has 2 aromatic carbocycles. The topological polar surface area (TPSA) is 108 Å². The highest BCUT2D eigenvalue weighted by atomic mass is 32.1. The minimum Gasteiger partial charge on any atom is -0.379 e. The van der Waals surface area contributed by atoms with Crippen molar-refractivity contribution in [2.75, 3.05) is 5.32 Å². The lowest BCUT2D eigenvalue weighted by Gasteiger charge is -2.27. The number of imide groups is 2. The van der Waals surface area contributed by atoms with E-state index in [-0.39, 0.29) is 24.0 Å². The molecule has 5 rings (SSSR count). The molecule has 4 amide bonds. The molecular weight excluding hydrogens is 440 g/mol. The van der Waals surface area contributed by atoms with Crippen molar-refractivity contribution in [3.8, 4) is 10.6 Å². The number of nitrogens with one attached hydrogen (secondary N) is 2. The van der Waals surface area contributed by atoms with Crippen LogP contribution in [0.25, 0.3) is 10.6 Å². The van der Waals surface area contributed by atoms with Crippen LogP contribution in [0, 0.1) is 6.92 Å². The van der Waals surface area contributed by atoms with Gasteiger partial charge in [-0.2, -0.15) is 0 Å². The zero-order valence-corrected chi connectivity index (χ0v) is 18.6. The van der Waals surface area contributed by atoms with E-state index in [9.17, 15) is 19.2 Å². The summed E-state index contributed by atoms with van der Waals surface area (Å²) in [7, 11) is 0. The summed E-state index contributed by atoms with van der Waals surface area (Å²) >= 11 is 1.55. The van der Waals surface area contributed by atoms with Gasteiger partial charge in [0.15, 0.2) is 0 Å². The molecule has 1 fully saturated rings. The quantitative estimate of drug-likeness (QED) is 0.567. The number of carbonyl (C=O) groups is 4. The summed E-state index contributed by atoms with van der Waals surface area (Å²) in [6.45, 7) is 2.46. The van der Waals surface area contributed by atoms with E-state index >= 15 is 0 Å². The number of amides is 4. The fourth-order valence-electron chi connectivity index (χ4n) is 4.06. The van der Waals surface area contributed by atoms with Crippen molar-refractivity contribution >= 4 is 40.7 Å². The Hall–Kier alpha value is -3.85. The number of rotatable bonds is 5. The van der Waals surface area contributed by atoms with Crippen molar-refractivity contribution in [2.24, 2.45) is 0 Å². The van der Waals surface area contributed by atoms with Crippen molar-refractivity contribution in [1.82, 2.24) is 15.2 Å². The van der Waals surface area contributed by atoms with E-state index in [1.807, 2.05) is 31.2 Å². The fourth-order valence-corrected chi connectivity index (χ4v) is 4.92. The van der Waals surface area contributed by atoms with E-state index in [4.69, 9.17) is 0 Å². The van der Waals surface area contributed by atoms with Gasteiger partial charge in [0.1, 0.15) is 11.0 Å². The van der Waals surface area contributed by atoms with E-state index in [1.165, 1.54) is 5.56 Å². The van der Waals surface area contributed by atoms with Gasteiger partial charge < -0.3 is 5.32 Å². The first-order chi connectivity index (χ1) is 15.9. The van der Waals surface area contributed by atoms with E-state index in [0.717, 1.165) is 20.3 Å². The Kier molecular flexibility index (Phi) is 5.26. The van der Waals surface area contributed by atoms with Gasteiger partial charge in [0.2, 0.25) is 11.8 Å². The minimum atomic E-state index is -0.985. The van der Waals surface area contributed by atoms with Crippen molar-refractivity contribution in [3.05, 3.63) is 70.2 Å². The molecule has 1 saturated heterocycles. The highest BCUT2D eigenvalue weighted by molar-refractivity contribution is 7.15. The van der Waals surface area contributed by atoms with E-state index in [2.05, 4.69) is 15.6 Å². The molecule has 0 bridgehead atoms. The summed E-state index contributed by atoms with van der Waals surface area (Å²) in [5.74, 6) is -2.07. The van der Waals surface area contributed by atoms with Crippen LogP contribution in [0.4, 0.5) is 5.69 Å². The maximum Gasteiger partial charge on any atom is 0.264 e. The number of thiazole rings is 1. The molecule has 2 N–H and O–H groups in total. The SMILES string of the molecule is Cc1ccc(-c2ncc(CNc3cccc4c3C(=O)N(C3CCC(=O)NC3=O)C4=O)s2)cc1. The summed E-state index contributed by atoms with van der Waals surface area (Å²) in [5.41, 5.74) is 3.24. The van der Waals surface area contributed by atoms with Gasteiger partial charge in [-0.1, -0.05) is 35.9 Å². The molecule has 2 aliphatic heterocycles. The number of hydrogen-bond donors (Lipinski definition) is 2. The predicted molar refractivity (Wildman–Crippen MR) is 123 cm³/mol. The first-order valence-corrected chi connectivity index (χ1v) is 11.3. The van der Waals surface area contributed by atoms with E-state index in [1.54, 1.807) is 35.7 Å². The molecular formula is C24H20N4O4S. The number of aryl methyl sites for hydroxylation is 1. The van der Waals surface area contributed by atoms with Crippen LogP contribution in [0.3, 0.4) is 0 Å². The van der Waals surface area contributed by atoms with Gasteiger partial charge in [0.25, 0.3) is 11.8 Å². The normalized spacial score (nSPS) is 17.8. The molecule has 166 valence electrons. The standard InChI is InChI=1S/C24H20N4O4S/c1-13-5-7-14(8-6-13)22-26-12-15(33-22)11-25-17-4-2-3-16-20(17)24(32)28(23(16)31)18-9-10-19(29)27-21(18)30/h2-8,12,18,25H,9-11H2,1H3,(H,27,29,30). The lowest BCUT2D eigenvalue weighted by Crippen LogP contribution is -2.54. The van der Waals surface area contributed by atoms with Gasteiger partial charge in [-0.25, -0.2) is 4.98 Å². The van der Waals surface area contributed by atoms with Crippen molar-refractivity contribution in [1.29, 1.82) is 0 Å². The Balaban J connectivity index is 1.35. The first-order valence-electron chi connectivity index (χ1n) is 10.5. The van der Waals surface area contributed by atoms with Crippen LogP contribution in [0.1, 0.15) is 44.0 Å². The summed E-state index contributed by atoms with van der Waals surface area (Å²) in [6, 6.07) is 12.2. The Morgan fingerprint density at radius 1 is 1.09 bits per heavy atom. The van der Waals surface area contributed by atoms with Crippen LogP contribution in [0.2, 0.25) is 0 Å². The van der Waals surface area contributed by atoms with E-state index < -0.39 is 29.7 Å². The van der Waals surface area contributed by atoms with Gasteiger partial charge in [0.05, 0.1) is 17.7 Å². The van der Waals surface area contributed by atoms with Gasteiger partial charge in [-0.3, -0.25) is 29.4 Å². The molecule has 33 heavy (non-hydrogen) atoms. The number of anilines is 1. The zero-order chi connectivity index (χ0) is 23.1. The monoisotopic (exact) mass is 460 g/mol. The number of nitrogens with zero attached hydrogens (tertiary/aromatic N) is 2. The maximum atomic E-state index is 13.2. The molecule has 2 aliphatic rings. The van der Waals surface area contributed by atoms with Crippen LogP contribution < -0.4 is 10.6 Å². The molecule has 8 nitrogen and oxygen atoms in total. The number of carbonyl (C=O) groups excluding carboxylic acids is 4. The van der Waals surface area contributed by atoms with Crippen LogP contribution in [-0.4, -0.2) is 39.6 Å². The highest BCUT2D eigenvalue weighted by Crippen LogP contribution is 2.33. The Labute approximate surface area is 193 Å². The van der Waals surface area contributed by atoms with Crippen LogP contribution in [0.15, 0.2) is 48.7 Å². The lowest BCUT2D eigenvalue weighted by atomic mass is 10.0. The van der Waals surface area contributed by atoms with E-state index in [0.29, 0.717) is 12.2 Å². The van der Waals surface area contributed by atoms with Gasteiger partial charge in [0, 0.05) is 28.7 Å². The second-order valence-electron chi connectivity index (χ2n) is 8.03. The largest absolute Gasteiger partial charge is 0.379 e. The Morgan fingerprint density at radius 3 is 2.64 bits per heavy atom. The van der Waals surface area contributed by atoms with Crippen molar-refractivity contribution < 1.29 is 19.2 Å². The molecule has 3 heterocycles. The summed E-state index contributed by atoms with van der Waals surface area (Å²) in [5, 5.41) is 6.36. The number of piperidine rings is 1. The average molecular weight is 461 g/mol. The second-order valence-corrected chi connectivity index (χ2v) is 9.14. The molecule has 0 saturated carbocycles. The third kappa shape index (κ3) is 3.80. The van der Waals surface area contributed by atoms with Crippen LogP contribution in [0.5, 0.6) is 0 Å². The molecule has 0 spiro atoms. The first kappa shape index (κ1) is 21.0. The second kappa shape index (κ2) is 8.25. The number of aromatic nitrogens is 1. The molecule has 1 atom stereocenters. The van der Waals surface area contributed by atoms with Gasteiger partial charge in [-0.15, -0.1) is 11.3 Å². The molecule has 3 aromatic rings. The summed E-state index contributed by atoms with van der Waals surface area (Å²) < 4.78 is 0. The maximum absolute atomic E-state index is 13.2. The van der Waals surface area contributed by atoms with Gasteiger partial charge in [-0.05, 0) is 25.5 Å². The number of hydrogen-bond acceptors (Lipinski definition) is 7. The molecule has 0 radical (unpaired) electrons. The molecule has 9 heteroatoms. The Morgan fingerprint density at radius 2 is 1.88 bits per heavy atom. The summed E-state index contributed by atoms with van der Waals surface area (Å²) in [6.07, 6.45) is 2.00. The van der Waals surface area contributed by atoms with Crippen LogP contribution >= 0.6 is 11.3 Å². The number of benzene rings is 2. The molecule has 1 unspecified atom stereocenters. The van der Waals surface area contributed by atoms with Crippen LogP contribution in [-0.2, 0) is 16.1 Å². The third-order valence-electron chi connectivity index (χ3n) is 5.77. The molecule has 1 aromatic heterocycles. The minimum absolute atomic E-state index is 0.0869. The van der Waals surface area contributed by atoms with Gasteiger partial charge >= 0.3 is 0 Å². The third-order valence-corrected chi connectivity index (χ3v) is 6.82. The predicted octanol–water partition coefficient (Wildman–Crippen LogP) is 3.13. The lowest BCUT2D eigenvalue weighted by molar-refractivity contribution is -0.136. The summed E-state index contributed by atoms with van der Waals surface area (Å²) in [4.78, 5) is 56.3. The molecule has 0 aliphatic carbocycles. The number of fused-ring (bicyclic) bond motifs is 1. The smallest absolute Gasteiger partial charge is 0.264 e. The average Bonchev–Trinajstić information content (AvgIpc) is 3.37. The fraction of sp³-hybridized carbons (Fsp3) is 0.208. The zero-order valence-electron chi connectivity index (χ0n) is 17.8.